The van der Waals surface area contributed by atoms with E-state index < -0.39 is 5.97 Å². The largest absolute Gasteiger partial charge is 0.497 e. The van der Waals surface area contributed by atoms with Gasteiger partial charge in [0, 0.05) is 15.7 Å². The van der Waals surface area contributed by atoms with Gasteiger partial charge in [-0.25, -0.2) is 4.79 Å². The molecule has 0 unspecified atom stereocenters. The minimum atomic E-state index is -0.936. The highest BCUT2D eigenvalue weighted by atomic mass is 32.1. The summed E-state index contributed by atoms with van der Waals surface area (Å²) < 4.78 is 18.1. The van der Waals surface area contributed by atoms with E-state index in [1.807, 2.05) is 66.7 Å². The van der Waals surface area contributed by atoms with Crippen molar-refractivity contribution in [3.8, 4) is 33.4 Å². The number of ether oxygens (including phenoxy) is 3. The van der Waals surface area contributed by atoms with Gasteiger partial charge in [0.05, 0.1) is 19.1 Å². The maximum atomic E-state index is 11.1. The van der Waals surface area contributed by atoms with Crippen molar-refractivity contribution < 1.29 is 24.1 Å². The molecule has 5 nitrogen and oxygen atoms in total. The highest BCUT2D eigenvalue weighted by molar-refractivity contribution is 7.22. The second kappa shape index (κ2) is 9.16. The van der Waals surface area contributed by atoms with Crippen LogP contribution in [0.25, 0.3) is 26.6 Å². The summed E-state index contributed by atoms with van der Waals surface area (Å²) in [5, 5.41) is 10.1. The Morgan fingerprint density at radius 2 is 1.50 bits per heavy atom. The fraction of sp³-hybridized carbons (Fsp3) is 0.115. The molecule has 0 radical (unpaired) electrons. The minimum absolute atomic E-state index is 0.276. The quantitative estimate of drug-likeness (QED) is 0.314. The molecule has 0 amide bonds. The zero-order valence-electron chi connectivity index (χ0n) is 17.9. The predicted octanol–water partition coefficient (Wildman–Crippen LogP) is 6.87. The fourth-order valence-electron chi connectivity index (χ4n) is 3.28. The molecule has 1 heterocycles. The molecule has 6 heteroatoms. The van der Waals surface area contributed by atoms with Crippen molar-refractivity contribution in [3.63, 3.8) is 0 Å². The Morgan fingerprint density at radius 1 is 0.875 bits per heavy atom. The lowest BCUT2D eigenvalue weighted by Crippen LogP contribution is -1.95. The Labute approximate surface area is 190 Å². The first-order valence-electron chi connectivity index (χ1n) is 9.93. The third-order valence-corrected chi connectivity index (χ3v) is 6.21. The Morgan fingerprint density at radius 3 is 2.12 bits per heavy atom. The molecule has 0 atom stereocenters. The molecule has 32 heavy (non-hydrogen) atoms. The third kappa shape index (κ3) is 4.45. The van der Waals surface area contributed by atoms with Gasteiger partial charge in [0.2, 0.25) is 0 Å². The normalized spacial score (nSPS) is 11.4. The minimum Gasteiger partial charge on any atom is -0.497 e. The van der Waals surface area contributed by atoms with Crippen molar-refractivity contribution in [2.24, 2.45) is 0 Å². The first-order chi connectivity index (χ1) is 15.5. The van der Waals surface area contributed by atoms with Gasteiger partial charge in [0.15, 0.2) is 5.75 Å². The number of hydrogen-bond acceptors (Lipinski definition) is 5. The maximum absolute atomic E-state index is 11.1. The van der Waals surface area contributed by atoms with Crippen LogP contribution >= 0.6 is 11.3 Å². The van der Waals surface area contributed by atoms with Crippen LogP contribution in [0.5, 0.6) is 23.0 Å². The Kier molecular flexibility index (Phi) is 6.14. The van der Waals surface area contributed by atoms with E-state index in [0.717, 1.165) is 43.3 Å². The number of fused-ring (bicyclic) bond motifs is 1. The molecule has 3 aromatic carbocycles. The maximum Gasteiger partial charge on any atom is 0.331 e. The molecule has 0 aliphatic rings. The number of hydrogen-bond donors (Lipinski definition) is 1. The summed E-state index contributed by atoms with van der Waals surface area (Å²) in [7, 11) is 3.30. The van der Waals surface area contributed by atoms with E-state index in [-0.39, 0.29) is 5.57 Å². The first kappa shape index (κ1) is 21.5. The molecule has 0 aliphatic heterocycles. The van der Waals surface area contributed by atoms with Crippen LogP contribution in [0.2, 0.25) is 0 Å². The van der Waals surface area contributed by atoms with Crippen LogP contribution in [-0.4, -0.2) is 25.3 Å². The van der Waals surface area contributed by atoms with Gasteiger partial charge in [0.1, 0.15) is 17.2 Å². The van der Waals surface area contributed by atoms with E-state index in [1.165, 1.54) is 0 Å². The van der Waals surface area contributed by atoms with E-state index in [4.69, 9.17) is 19.3 Å². The molecule has 0 spiro atoms. The first-order valence-corrected chi connectivity index (χ1v) is 10.7. The number of carboxylic acids is 1. The number of aliphatic carboxylic acids is 1. The number of thiophene rings is 1. The van der Waals surface area contributed by atoms with Crippen molar-refractivity contribution in [1.82, 2.24) is 0 Å². The molecular formula is C26H22O5S. The summed E-state index contributed by atoms with van der Waals surface area (Å²) in [6.07, 6.45) is 1.63. The Bertz CT molecular complexity index is 1280. The number of rotatable bonds is 7. The second-order valence-electron chi connectivity index (χ2n) is 7.15. The zero-order chi connectivity index (χ0) is 22.7. The van der Waals surface area contributed by atoms with Gasteiger partial charge in [-0.2, -0.15) is 0 Å². The highest BCUT2D eigenvalue weighted by Crippen LogP contribution is 2.47. The Balaban J connectivity index is 1.74. The molecule has 4 aromatic rings. The van der Waals surface area contributed by atoms with Crippen LogP contribution in [0.1, 0.15) is 12.5 Å². The molecule has 4 rings (SSSR count). The topological polar surface area (TPSA) is 65.0 Å². The smallest absolute Gasteiger partial charge is 0.331 e. The van der Waals surface area contributed by atoms with E-state index >= 15 is 0 Å². The van der Waals surface area contributed by atoms with Crippen molar-refractivity contribution in [2.75, 3.05) is 14.2 Å². The third-order valence-electron chi connectivity index (χ3n) is 5.02. The average Bonchev–Trinajstić information content (AvgIpc) is 3.17. The monoisotopic (exact) mass is 446 g/mol. The average molecular weight is 447 g/mol. The predicted molar refractivity (Wildman–Crippen MR) is 128 cm³/mol. The van der Waals surface area contributed by atoms with Gasteiger partial charge in [0.25, 0.3) is 0 Å². The van der Waals surface area contributed by atoms with Gasteiger partial charge in [-0.1, -0.05) is 12.1 Å². The van der Waals surface area contributed by atoms with Crippen LogP contribution in [-0.2, 0) is 4.79 Å². The molecule has 162 valence electrons. The van der Waals surface area contributed by atoms with Crippen molar-refractivity contribution in [2.45, 2.75) is 6.92 Å². The summed E-state index contributed by atoms with van der Waals surface area (Å²) in [6, 6.07) is 21.2. The summed E-state index contributed by atoms with van der Waals surface area (Å²) in [6.45, 7) is 1.57. The van der Waals surface area contributed by atoms with E-state index in [1.54, 1.807) is 38.6 Å². The molecule has 0 saturated carbocycles. The van der Waals surface area contributed by atoms with Crippen LogP contribution in [0, 0.1) is 0 Å². The number of carbonyl (C=O) groups is 1. The van der Waals surface area contributed by atoms with Crippen molar-refractivity contribution >= 4 is 33.5 Å². The van der Waals surface area contributed by atoms with Crippen LogP contribution in [0.4, 0.5) is 0 Å². The number of carboxylic acid groups (broad SMARTS) is 1. The lowest BCUT2D eigenvalue weighted by molar-refractivity contribution is -0.132. The Hall–Kier alpha value is -3.77. The molecule has 0 bridgehead atoms. The SMILES string of the molecule is COc1ccc(-c2sc3cc(OC)ccc3c2Oc2ccc(C=C(C)C(=O)O)cc2)cc1. The van der Waals surface area contributed by atoms with Crippen molar-refractivity contribution in [3.05, 3.63) is 77.9 Å². The molecule has 0 fully saturated rings. The second-order valence-corrected chi connectivity index (χ2v) is 8.21. The number of methoxy groups -OCH3 is 2. The molecule has 1 N–H and O–H groups in total. The lowest BCUT2D eigenvalue weighted by atomic mass is 10.1. The zero-order valence-corrected chi connectivity index (χ0v) is 18.7. The summed E-state index contributed by atoms with van der Waals surface area (Å²) >= 11 is 1.63. The molecule has 1 aromatic heterocycles. The highest BCUT2D eigenvalue weighted by Gasteiger charge is 2.17. The van der Waals surface area contributed by atoms with Gasteiger partial charge < -0.3 is 19.3 Å². The molecule has 0 saturated heterocycles. The summed E-state index contributed by atoms with van der Waals surface area (Å²) in [5.74, 6) is 2.08. The van der Waals surface area contributed by atoms with Gasteiger partial charge in [-0.15, -0.1) is 11.3 Å². The standard InChI is InChI=1S/C26H22O5S/c1-16(26(27)28)14-17-4-8-20(9-5-17)31-24-22-13-12-21(30-3)15-23(22)32-25(24)18-6-10-19(29-2)11-7-18/h4-15H,1-3H3,(H,27,28). The van der Waals surface area contributed by atoms with Crippen LogP contribution in [0.15, 0.2) is 72.3 Å². The van der Waals surface area contributed by atoms with Gasteiger partial charge in [-0.05, 0) is 78.7 Å². The fourth-order valence-corrected chi connectivity index (χ4v) is 4.44. The van der Waals surface area contributed by atoms with Crippen LogP contribution < -0.4 is 14.2 Å². The van der Waals surface area contributed by atoms with E-state index in [0.29, 0.717) is 5.75 Å². The van der Waals surface area contributed by atoms with E-state index in [2.05, 4.69) is 0 Å². The van der Waals surface area contributed by atoms with Gasteiger partial charge in [-0.3, -0.25) is 0 Å². The van der Waals surface area contributed by atoms with Crippen molar-refractivity contribution in [1.29, 1.82) is 0 Å². The molecule has 0 aliphatic carbocycles. The molecular weight excluding hydrogens is 424 g/mol. The number of benzene rings is 3. The summed E-state index contributed by atoms with van der Waals surface area (Å²) in [5.41, 5.74) is 2.10. The van der Waals surface area contributed by atoms with Gasteiger partial charge >= 0.3 is 5.97 Å². The lowest BCUT2D eigenvalue weighted by Gasteiger charge is -2.09. The van der Waals surface area contributed by atoms with E-state index in [9.17, 15) is 4.79 Å². The van der Waals surface area contributed by atoms with Crippen LogP contribution in [0.3, 0.4) is 0 Å². The summed E-state index contributed by atoms with van der Waals surface area (Å²) in [4.78, 5) is 12.1.